The first-order valence-corrected chi connectivity index (χ1v) is 7.14. The number of halogens is 9. The van der Waals surface area contributed by atoms with Crippen LogP contribution in [0.15, 0.2) is 57.5 Å². The fourth-order valence-corrected chi connectivity index (χ4v) is 2.60. The van der Waals surface area contributed by atoms with Crippen molar-refractivity contribution in [3.63, 3.8) is 0 Å². The van der Waals surface area contributed by atoms with Crippen molar-refractivity contribution >= 4 is 0 Å². The van der Waals surface area contributed by atoms with Crippen LogP contribution in [0.1, 0.15) is 11.5 Å². The first-order valence-electron chi connectivity index (χ1n) is 7.14. The largest absolute Gasteiger partial charge is 0.465 e. The van der Waals surface area contributed by atoms with E-state index in [1.54, 1.807) is 0 Å². The molecular formula is C15H7F9O4. The normalized spacial score (nSPS) is 28.0. The molecule has 0 aliphatic carbocycles. The molecule has 13 heteroatoms. The number of alkyl halides is 9. The molecule has 0 amide bonds. The predicted octanol–water partition coefficient (Wildman–Crippen LogP) is 5.54. The van der Waals surface area contributed by atoms with E-state index < -0.39 is 53.3 Å². The molecule has 3 rings (SSSR count). The van der Waals surface area contributed by atoms with Crippen molar-refractivity contribution in [3.05, 3.63) is 60.1 Å². The SMILES string of the molecule is FC(F)(F)/C=C1\OC(c2ccco2)(C(F)(F)F)OC1(c1ccco1)C(F)(F)F. The molecule has 0 N–H and O–H groups in total. The molecule has 0 bridgehead atoms. The van der Waals surface area contributed by atoms with Gasteiger partial charge in [0.25, 0.3) is 5.60 Å². The highest BCUT2D eigenvalue weighted by Gasteiger charge is 2.79. The molecule has 0 spiro atoms. The third-order valence-electron chi connectivity index (χ3n) is 3.68. The summed E-state index contributed by atoms with van der Waals surface area (Å²) in [6.07, 6.45) is -16.9. The number of rotatable bonds is 2. The van der Waals surface area contributed by atoms with Gasteiger partial charge in [0.1, 0.15) is 0 Å². The van der Waals surface area contributed by atoms with Crippen LogP contribution in [-0.2, 0) is 20.9 Å². The van der Waals surface area contributed by atoms with E-state index >= 15 is 0 Å². The van der Waals surface area contributed by atoms with Gasteiger partial charge < -0.3 is 13.6 Å². The summed E-state index contributed by atoms with van der Waals surface area (Å²) in [5.41, 5.74) is -4.34. The molecule has 2 aromatic rings. The molecule has 1 fully saturated rings. The number of allylic oxidation sites excluding steroid dienone is 1. The third kappa shape index (κ3) is 2.93. The van der Waals surface area contributed by atoms with Crippen LogP contribution in [0.4, 0.5) is 39.5 Å². The Morgan fingerprint density at radius 3 is 1.68 bits per heavy atom. The van der Waals surface area contributed by atoms with Crippen molar-refractivity contribution in [3.8, 4) is 0 Å². The Balaban J connectivity index is 2.36. The summed E-state index contributed by atoms with van der Waals surface area (Å²) >= 11 is 0. The zero-order valence-electron chi connectivity index (χ0n) is 13.1. The minimum Gasteiger partial charge on any atom is -0.465 e. The molecule has 0 aromatic carbocycles. The number of hydrogen-bond acceptors (Lipinski definition) is 4. The molecular weight excluding hydrogens is 415 g/mol. The molecule has 0 radical (unpaired) electrons. The van der Waals surface area contributed by atoms with E-state index in [0.717, 1.165) is 12.1 Å². The van der Waals surface area contributed by atoms with Gasteiger partial charge in [0.15, 0.2) is 17.3 Å². The van der Waals surface area contributed by atoms with E-state index in [4.69, 9.17) is 0 Å². The topological polar surface area (TPSA) is 44.7 Å². The Bertz CT molecular complexity index is 846. The predicted molar refractivity (Wildman–Crippen MR) is 69.2 cm³/mol. The fourth-order valence-electron chi connectivity index (χ4n) is 2.60. The Morgan fingerprint density at radius 2 is 1.29 bits per heavy atom. The van der Waals surface area contributed by atoms with Crippen molar-refractivity contribution in [2.45, 2.75) is 29.9 Å². The lowest BCUT2D eigenvalue weighted by molar-refractivity contribution is -0.392. The van der Waals surface area contributed by atoms with Crippen molar-refractivity contribution in [1.29, 1.82) is 0 Å². The summed E-state index contributed by atoms with van der Waals surface area (Å²) in [5.74, 6) is -9.26. The maximum absolute atomic E-state index is 13.9. The summed E-state index contributed by atoms with van der Waals surface area (Å²) in [6, 6.07) is 2.75. The summed E-state index contributed by atoms with van der Waals surface area (Å²) in [7, 11) is 0. The third-order valence-corrected chi connectivity index (χ3v) is 3.68. The Morgan fingerprint density at radius 1 is 0.750 bits per heavy atom. The molecule has 28 heavy (non-hydrogen) atoms. The Kier molecular flexibility index (Phi) is 4.29. The highest BCUT2D eigenvalue weighted by molar-refractivity contribution is 5.32. The Hall–Kier alpha value is -2.57. The summed E-state index contributed by atoms with van der Waals surface area (Å²) < 4.78 is 139. The second kappa shape index (κ2) is 5.96. The van der Waals surface area contributed by atoms with Crippen molar-refractivity contribution < 1.29 is 57.8 Å². The average Bonchev–Trinajstić information content (AvgIpc) is 3.24. The van der Waals surface area contributed by atoms with Crippen LogP contribution < -0.4 is 0 Å². The zero-order chi connectivity index (χ0) is 21.0. The lowest BCUT2D eigenvalue weighted by Gasteiger charge is -2.31. The number of hydrogen-bond donors (Lipinski definition) is 0. The van der Waals surface area contributed by atoms with Crippen LogP contribution >= 0.6 is 0 Å². The van der Waals surface area contributed by atoms with Gasteiger partial charge >= 0.3 is 24.3 Å². The monoisotopic (exact) mass is 422 g/mol. The summed E-state index contributed by atoms with van der Waals surface area (Å²) in [4.78, 5) is 0. The summed E-state index contributed by atoms with van der Waals surface area (Å²) in [6.45, 7) is 0. The molecule has 2 unspecified atom stereocenters. The molecule has 154 valence electrons. The van der Waals surface area contributed by atoms with Crippen LogP contribution in [0.5, 0.6) is 0 Å². The highest BCUT2D eigenvalue weighted by Crippen LogP contribution is 2.62. The quantitative estimate of drug-likeness (QED) is 0.597. The molecule has 1 aliphatic heterocycles. The first kappa shape index (κ1) is 20.2. The Labute approximate surface area is 149 Å². The minimum absolute atomic E-state index is 0.510. The number of ether oxygens (including phenoxy) is 2. The molecule has 2 aromatic heterocycles. The number of furan rings is 2. The van der Waals surface area contributed by atoms with E-state index in [9.17, 15) is 39.5 Å². The lowest BCUT2D eigenvalue weighted by atomic mass is 9.96. The van der Waals surface area contributed by atoms with Crippen LogP contribution in [0, 0.1) is 0 Å². The standard InChI is InChI=1S/C15H7F9O4/c16-11(17,18)7-10-12(14(19,20)21,8-3-1-5-25-8)28-13(27-10,15(22,23)24)9-4-2-6-26-9/h1-7H/b10-7-. The van der Waals surface area contributed by atoms with E-state index in [2.05, 4.69) is 18.3 Å². The maximum Gasteiger partial charge on any atom is 0.464 e. The van der Waals surface area contributed by atoms with E-state index in [1.807, 2.05) is 0 Å². The molecule has 3 heterocycles. The van der Waals surface area contributed by atoms with Crippen molar-refractivity contribution in [1.82, 2.24) is 0 Å². The van der Waals surface area contributed by atoms with Gasteiger partial charge in [0.05, 0.1) is 18.6 Å². The van der Waals surface area contributed by atoms with E-state index in [1.165, 1.54) is 0 Å². The van der Waals surface area contributed by atoms with Gasteiger partial charge in [0.2, 0.25) is 0 Å². The van der Waals surface area contributed by atoms with Gasteiger partial charge in [0, 0.05) is 0 Å². The molecule has 0 saturated carbocycles. The molecule has 1 aliphatic rings. The van der Waals surface area contributed by atoms with Gasteiger partial charge in [-0.25, -0.2) is 0 Å². The van der Waals surface area contributed by atoms with Crippen LogP contribution in [0.2, 0.25) is 0 Å². The van der Waals surface area contributed by atoms with Gasteiger partial charge in [-0.3, -0.25) is 4.74 Å². The average molecular weight is 422 g/mol. The highest BCUT2D eigenvalue weighted by atomic mass is 19.4. The minimum atomic E-state index is -5.85. The van der Waals surface area contributed by atoms with Crippen LogP contribution in [0.3, 0.4) is 0 Å². The van der Waals surface area contributed by atoms with Gasteiger partial charge in [-0.15, -0.1) is 0 Å². The van der Waals surface area contributed by atoms with Crippen LogP contribution in [-0.4, -0.2) is 18.5 Å². The summed E-state index contributed by atoms with van der Waals surface area (Å²) in [5, 5.41) is 0. The van der Waals surface area contributed by atoms with Crippen LogP contribution in [0.25, 0.3) is 0 Å². The molecule has 2 atom stereocenters. The second-order valence-electron chi connectivity index (χ2n) is 5.50. The van der Waals surface area contributed by atoms with E-state index in [0.29, 0.717) is 24.7 Å². The fraction of sp³-hybridized carbons (Fsp3) is 0.333. The smallest absolute Gasteiger partial charge is 0.464 e. The van der Waals surface area contributed by atoms with E-state index in [-0.39, 0.29) is 0 Å². The second-order valence-corrected chi connectivity index (χ2v) is 5.50. The van der Waals surface area contributed by atoms with Crippen molar-refractivity contribution in [2.24, 2.45) is 0 Å². The molecule has 4 nitrogen and oxygen atoms in total. The van der Waals surface area contributed by atoms with Gasteiger partial charge in [-0.05, 0) is 24.3 Å². The maximum atomic E-state index is 13.9. The lowest BCUT2D eigenvalue weighted by Crippen LogP contribution is -2.49. The first-order chi connectivity index (χ1) is 12.7. The van der Waals surface area contributed by atoms with Gasteiger partial charge in [-0.2, -0.15) is 39.5 Å². The molecule has 1 saturated heterocycles. The van der Waals surface area contributed by atoms with Crippen molar-refractivity contribution in [2.75, 3.05) is 0 Å². The van der Waals surface area contributed by atoms with Gasteiger partial charge in [-0.1, -0.05) is 0 Å². The zero-order valence-corrected chi connectivity index (χ0v) is 13.1.